The van der Waals surface area contributed by atoms with E-state index in [0.29, 0.717) is 37.7 Å². The largest absolute Gasteiger partial charge is 0.367 e. The van der Waals surface area contributed by atoms with Crippen LogP contribution in [0.1, 0.15) is 36.5 Å². The average molecular weight is 286 g/mol. The van der Waals surface area contributed by atoms with Crippen LogP contribution in [0.3, 0.4) is 0 Å². The van der Waals surface area contributed by atoms with E-state index in [9.17, 15) is 10.1 Å². The van der Waals surface area contributed by atoms with E-state index in [1.165, 1.54) is 11.1 Å². The monoisotopic (exact) mass is 286 g/mol. The zero-order chi connectivity index (χ0) is 15.6. The lowest BCUT2D eigenvalue weighted by molar-refractivity contribution is 0.204. The van der Waals surface area contributed by atoms with Gasteiger partial charge in [-0.1, -0.05) is 13.8 Å². The molecule has 1 aliphatic heterocycles. The average Bonchev–Trinajstić information content (AvgIpc) is 2.46. The van der Waals surface area contributed by atoms with Crippen LogP contribution in [0, 0.1) is 18.3 Å². The van der Waals surface area contributed by atoms with Gasteiger partial charge < -0.3 is 15.5 Å². The Bertz CT molecular complexity index is 581. The molecule has 2 N–H and O–H groups in total. The first kappa shape index (κ1) is 15.2. The number of hydrogen-bond donors (Lipinski definition) is 1. The molecular formula is C16H22N4O. The molecule has 0 bridgehead atoms. The fraction of sp³-hybridized carbons (Fsp3) is 0.500. The summed E-state index contributed by atoms with van der Waals surface area (Å²) in [6, 6.07) is 6.02. The highest BCUT2D eigenvalue weighted by Gasteiger charge is 2.22. The van der Waals surface area contributed by atoms with Gasteiger partial charge in [0.05, 0.1) is 11.3 Å². The third-order valence-electron chi connectivity index (χ3n) is 4.06. The first-order chi connectivity index (χ1) is 9.93. The van der Waals surface area contributed by atoms with Gasteiger partial charge in [0.1, 0.15) is 6.07 Å². The van der Waals surface area contributed by atoms with Crippen molar-refractivity contribution in [2.45, 2.75) is 26.7 Å². The minimum atomic E-state index is -0.374. The fourth-order valence-electron chi connectivity index (χ4n) is 2.85. The van der Waals surface area contributed by atoms with E-state index in [1.54, 1.807) is 4.90 Å². The molecule has 0 unspecified atom stereocenters. The summed E-state index contributed by atoms with van der Waals surface area (Å²) in [6.45, 7) is 8.97. The van der Waals surface area contributed by atoms with Crippen molar-refractivity contribution in [3.05, 3.63) is 28.8 Å². The molecule has 0 spiro atoms. The SMILES string of the molecule is Cc1cc(N2CCN(C(N)=O)CC2)c(C#N)cc1C(C)C. The van der Waals surface area contributed by atoms with Gasteiger partial charge in [0.2, 0.25) is 0 Å². The first-order valence-corrected chi connectivity index (χ1v) is 7.28. The van der Waals surface area contributed by atoms with Gasteiger partial charge in [-0.05, 0) is 36.1 Å². The second-order valence-electron chi connectivity index (χ2n) is 5.80. The van der Waals surface area contributed by atoms with Crippen LogP contribution < -0.4 is 10.6 Å². The highest BCUT2D eigenvalue weighted by Crippen LogP contribution is 2.29. The van der Waals surface area contributed by atoms with Gasteiger partial charge in [0, 0.05) is 26.2 Å². The van der Waals surface area contributed by atoms with Crippen molar-refractivity contribution in [2.75, 3.05) is 31.1 Å². The van der Waals surface area contributed by atoms with Crippen molar-refractivity contribution in [1.82, 2.24) is 4.90 Å². The number of urea groups is 1. The molecule has 112 valence electrons. The molecule has 0 radical (unpaired) electrons. The number of hydrogen-bond acceptors (Lipinski definition) is 3. The number of nitriles is 1. The summed E-state index contributed by atoms with van der Waals surface area (Å²) in [7, 11) is 0. The summed E-state index contributed by atoms with van der Waals surface area (Å²) >= 11 is 0. The Balaban J connectivity index is 2.27. The van der Waals surface area contributed by atoms with Crippen molar-refractivity contribution in [3.8, 4) is 6.07 Å². The molecule has 1 aromatic rings. The molecule has 1 saturated heterocycles. The lowest BCUT2D eigenvalue weighted by atomic mass is 9.94. The van der Waals surface area contributed by atoms with Gasteiger partial charge in [0.15, 0.2) is 0 Å². The molecule has 0 aromatic heterocycles. The second kappa shape index (κ2) is 6.04. The van der Waals surface area contributed by atoms with Crippen molar-refractivity contribution in [2.24, 2.45) is 5.73 Å². The summed E-state index contributed by atoms with van der Waals surface area (Å²) in [4.78, 5) is 15.0. The number of amides is 2. The molecule has 5 heteroatoms. The van der Waals surface area contributed by atoms with Gasteiger partial charge >= 0.3 is 6.03 Å². The zero-order valence-electron chi connectivity index (χ0n) is 12.9. The Morgan fingerprint density at radius 1 is 1.29 bits per heavy atom. The molecule has 5 nitrogen and oxygen atoms in total. The Hall–Kier alpha value is -2.22. The number of carbonyl (C=O) groups excluding carboxylic acids is 1. The maximum Gasteiger partial charge on any atom is 0.314 e. The smallest absolute Gasteiger partial charge is 0.314 e. The fourth-order valence-corrected chi connectivity index (χ4v) is 2.85. The molecule has 2 rings (SSSR count). The number of primary amides is 1. The quantitative estimate of drug-likeness (QED) is 0.905. The summed E-state index contributed by atoms with van der Waals surface area (Å²) in [5, 5.41) is 9.43. The lowest BCUT2D eigenvalue weighted by Crippen LogP contribution is -2.50. The third kappa shape index (κ3) is 3.10. The van der Waals surface area contributed by atoms with Gasteiger partial charge in [-0.3, -0.25) is 0 Å². The normalized spacial score (nSPS) is 15.2. The number of anilines is 1. The topological polar surface area (TPSA) is 73.4 Å². The molecule has 1 heterocycles. The number of benzene rings is 1. The van der Waals surface area contributed by atoms with Gasteiger partial charge in [-0.25, -0.2) is 4.79 Å². The van der Waals surface area contributed by atoms with Crippen LogP contribution in [0.2, 0.25) is 0 Å². The van der Waals surface area contributed by atoms with E-state index >= 15 is 0 Å². The van der Waals surface area contributed by atoms with E-state index in [-0.39, 0.29) is 6.03 Å². The second-order valence-corrected chi connectivity index (χ2v) is 5.80. The highest BCUT2D eigenvalue weighted by atomic mass is 16.2. The number of nitrogens with zero attached hydrogens (tertiary/aromatic N) is 3. The van der Waals surface area contributed by atoms with Gasteiger partial charge in [-0.15, -0.1) is 0 Å². The molecule has 1 aliphatic rings. The molecule has 1 aromatic carbocycles. The van der Waals surface area contributed by atoms with Crippen LogP contribution in [-0.4, -0.2) is 37.1 Å². The Morgan fingerprint density at radius 3 is 2.38 bits per heavy atom. The minimum absolute atomic E-state index is 0.374. The minimum Gasteiger partial charge on any atom is -0.367 e. The number of piperazine rings is 1. The van der Waals surface area contributed by atoms with E-state index in [0.717, 1.165) is 5.69 Å². The van der Waals surface area contributed by atoms with Crippen LogP contribution in [-0.2, 0) is 0 Å². The van der Waals surface area contributed by atoms with Crippen LogP contribution in [0.15, 0.2) is 12.1 Å². The maximum absolute atomic E-state index is 11.2. The predicted octanol–water partition coefficient (Wildman–Crippen LogP) is 2.19. The van der Waals surface area contributed by atoms with Gasteiger partial charge in [0.25, 0.3) is 0 Å². The standard InChI is InChI=1S/C16H22N4O/c1-11(2)14-9-13(10-17)15(8-12(14)3)19-4-6-20(7-5-19)16(18)21/h8-9,11H,4-7H2,1-3H3,(H2,18,21). The van der Waals surface area contributed by atoms with E-state index < -0.39 is 0 Å². The van der Waals surface area contributed by atoms with Gasteiger partial charge in [-0.2, -0.15) is 5.26 Å². The summed E-state index contributed by atoms with van der Waals surface area (Å²) in [5.74, 6) is 0.401. The molecule has 0 aliphatic carbocycles. The third-order valence-corrected chi connectivity index (χ3v) is 4.06. The predicted molar refractivity (Wildman–Crippen MR) is 83.4 cm³/mol. The van der Waals surface area contributed by atoms with Crippen LogP contribution >= 0.6 is 0 Å². The molecule has 1 fully saturated rings. The number of nitrogens with two attached hydrogens (primary N) is 1. The maximum atomic E-state index is 11.2. The van der Waals surface area contributed by atoms with Crippen LogP contribution in [0.4, 0.5) is 10.5 Å². The first-order valence-electron chi connectivity index (χ1n) is 7.28. The Labute approximate surface area is 125 Å². The van der Waals surface area contributed by atoms with E-state index in [1.807, 2.05) is 6.07 Å². The van der Waals surface area contributed by atoms with E-state index in [2.05, 4.69) is 37.8 Å². The van der Waals surface area contributed by atoms with Crippen molar-refractivity contribution >= 4 is 11.7 Å². The van der Waals surface area contributed by atoms with E-state index in [4.69, 9.17) is 5.73 Å². The summed E-state index contributed by atoms with van der Waals surface area (Å²) < 4.78 is 0. The van der Waals surface area contributed by atoms with Crippen LogP contribution in [0.25, 0.3) is 0 Å². The summed E-state index contributed by atoms with van der Waals surface area (Å²) in [5.41, 5.74) is 9.39. The highest BCUT2D eigenvalue weighted by molar-refractivity contribution is 5.72. The molecule has 0 saturated carbocycles. The number of carbonyl (C=O) groups is 1. The Morgan fingerprint density at radius 2 is 1.90 bits per heavy atom. The molecule has 0 atom stereocenters. The van der Waals surface area contributed by atoms with Crippen molar-refractivity contribution in [1.29, 1.82) is 5.26 Å². The molecule has 2 amide bonds. The Kier molecular flexibility index (Phi) is 4.37. The molecule has 21 heavy (non-hydrogen) atoms. The summed E-state index contributed by atoms with van der Waals surface area (Å²) in [6.07, 6.45) is 0. The van der Waals surface area contributed by atoms with Crippen molar-refractivity contribution in [3.63, 3.8) is 0 Å². The number of aryl methyl sites for hydroxylation is 1. The lowest BCUT2D eigenvalue weighted by Gasteiger charge is -2.36. The van der Waals surface area contributed by atoms with Crippen LogP contribution in [0.5, 0.6) is 0 Å². The van der Waals surface area contributed by atoms with Crippen molar-refractivity contribution < 1.29 is 4.79 Å². The number of rotatable bonds is 2. The zero-order valence-corrected chi connectivity index (χ0v) is 12.9. The molecular weight excluding hydrogens is 264 g/mol.